The topological polar surface area (TPSA) is 41.0 Å². The summed E-state index contributed by atoms with van der Waals surface area (Å²) in [6.07, 6.45) is 8.55. The van der Waals surface area contributed by atoms with Crippen LogP contribution in [0.4, 0.5) is 14.6 Å². The van der Waals surface area contributed by atoms with Crippen molar-refractivity contribution >= 4 is 27.5 Å². The van der Waals surface area contributed by atoms with E-state index in [4.69, 9.17) is 11.4 Å². The lowest BCUT2D eigenvalue weighted by Crippen LogP contribution is -2.51. The molecule has 0 aliphatic carbocycles. The number of hydrogen-bond acceptors (Lipinski definition) is 4. The third-order valence-electron chi connectivity index (χ3n) is 7.09. The quantitative estimate of drug-likeness (QED) is 0.432. The highest BCUT2D eigenvalue weighted by Gasteiger charge is 2.34. The van der Waals surface area contributed by atoms with Crippen LogP contribution in [0, 0.1) is 24.0 Å². The Bertz CT molecular complexity index is 1480. The van der Waals surface area contributed by atoms with E-state index < -0.39 is 11.6 Å². The second-order valence-corrected chi connectivity index (χ2v) is 9.15. The van der Waals surface area contributed by atoms with E-state index in [0.717, 1.165) is 37.1 Å². The van der Waals surface area contributed by atoms with Crippen molar-refractivity contribution in [3.05, 3.63) is 65.5 Å². The van der Waals surface area contributed by atoms with Gasteiger partial charge in [-0.1, -0.05) is 43.2 Å². The molecule has 2 atom stereocenters. The zero-order chi connectivity index (χ0) is 23.4. The van der Waals surface area contributed by atoms with Gasteiger partial charge in [0.1, 0.15) is 23.0 Å². The first-order valence-corrected chi connectivity index (χ1v) is 11.8. The number of aryl methyl sites for hydroxylation is 1. The average Bonchev–Trinajstić information content (AvgIpc) is 3.20. The summed E-state index contributed by atoms with van der Waals surface area (Å²) in [4.78, 5) is 11.7. The predicted molar refractivity (Wildman–Crippen MR) is 132 cm³/mol. The molecule has 3 aromatic carbocycles. The number of halogens is 2. The van der Waals surface area contributed by atoms with Crippen LogP contribution in [0.15, 0.2) is 42.5 Å². The fourth-order valence-electron chi connectivity index (χ4n) is 5.49. The monoisotopic (exact) mass is 454 g/mol. The number of fused-ring (bicyclic) bond motifs is 4. The summed E-state index contributed by atoms with van der Waals surface area (Å²) in [5.74, 6) is 2.93. The van der Waals surface area contributed by atoms with Gasteiger partial charge in [-0.15, -0.1) is 6.42 Å². The predicted octanol–water partition coefficient (Wildman–Crippen LogP) is 5.21. The molecular weight excluding hydrogens is 430 g/mol. The minimum absolute atomic E-state index is 0.140. The van der Waals surface area contributed by atoms with Crippen molar-refractivity contribution in [2.75, 3.05) is 18.0 Å². The maximum atomic E-state index is 16.2. The number of anilines is 1. The molecular formula is C28H24F2N4. The van der Waals surface area contributed by atoms with Gasteiger partial charge in [0.05, 0.1) is 5.56 Å². The van der Waals surface area contributed by atoms with Crippen LogP contribution in [0.1, 0.15) is 31.2 Å². The van der Waals surface area contributed by atoms with Crippen LogP contribution in [0.3, 0.4) is 0 Å². The van der Waals surface area contributed by atoms with Gasteiger partial charge >= 0.3 is 0 Å². The molecule has 0 spiro atoms. The molecule has 3 heterocycles. The maximum absolute atomic E-state index is 16.2. The minimum atomic E-state index is -0.491. The van der Waals surface area contributed by atoms with E-state index in [1.807, 2.05) is 25.1 Å². The largest absolute Gasteiger partial charge is 0.353 e. The van der Waals surface area contributed by atoms with Gasteiger partial charge < -0.3 is 10.2 Å². The number of terminal acetylenes is 1. The molecule has 6 rings (SSSR count). The number of rotatable bonds is 3. The summed E-state index contributed by atoms with van der Waals surface area (Å²) in [5.41, 5.74) is 1.34. The van der Waals surface area contributed by atoms with Gasteiger partial charge in [-0.25, -0.2) is 18.7 Å². The zero-order valence-corrected chi connectivity index (χ0v) is 18.9. The van der Waals surface area contributed by atoms with Crippen LogP contribution in [0.5, 0.6) is 0 Å². The molecule has 2 aliphatic rings. The molecule has 2 saturated heterocycles. The van der Waals surface area contributed by atoms with E-state index in [0.29, 0.717) is 51.7 Å². The fraction of sp³-hybridized carbons (Fsp3) is 0.286. The van der Waals surface area contributed by atoms with E-state index in [1.165, 1.54) is 6.07 Å². The average molecular weight is 455 g/mol. The van der Waals surface area contributed by atoms with Crippen LogP contribution in [0.2, 0.25) is 0 Å². The molecule has 6 heteroatoms. The number of nitrogens with one attached hydrogen (secondary N) is 1. The molecule has 0 saturated carbocycles. The maximum Gasteiger partial charge on any atom is 0.157 e. The Kier molecular flexibility index (Phi) is 4.96. The Morgan fingerprint density at radius 3 is 2.56 bits per heavy atom. The second-order valence-electron chi connectivity index (χ2n) is 9.15. The van der Waals surface area contributed by atoms with Crippen LogP contribution in [-0.4, -0.2) is 35.1 Å². The van der Waals surface area contributed by atoms with Gasteiger partial charge in [0.15, 0.2) is 5.82 Å². The summed E-state index contributed by atoms with van der Waals surface area (Å²) in [6.45, 7) is 3.67. The first kappa shape index (κ1) is 21.0. The number of benzene rings is 3. The highest BCUT2D eigenvalue weighted by molar-refractivity contribution is 6.03. The van der Waals surface area contributed by atoms with E-state index in [-0.39, 0.29) is 5.56 Å². The fourth-order valence-corrected chi connectivity index (χ4v) is 5.49. The molecule has 1 N–H and O–H groups in total. The second kappa shape index (κ2) is 8.03. The Hall–Kier alpha value is -3.56. The van der Waals surface area contributed by atoms with Gasteiger partial charge in [-0.05, 0) is 35.9 Å². The highest BCUT2D eigenvalue weighted by atomic mass is 19.1. The first-order valence-electron chi connectivity index (χ1n) is 11.8. The molecule has 170 valence electrons. The summed E-state index contributed by atoms with van der Waals surface area (Å²) >= 11 is 0. The molecule has 2 bridgehead atoms. The SMILES string of the molecule is C#Cc1c(F)ccc2cccc(-c3ccc4c(N5CC6CCC(C5)N6)nc(CC)nc4c3F)c12. The zero-order valence-electron chi connectivity index (χ0n) is 18.9. The third-order valence-corrected chi connectivity index (χ3v) is 7.09. The highest BCUT2D eigenvalue weighted by Crippen LogP contribution is 2.38. The number of nitrogens with zero attached hydrogens (tertiary/aromatic N) is 3. The lowest BCUT2D eigenvalue weighted by molar-refractivity contribution is 0.464. The van der Waals surface area contributed by atoms with Gasteiger partial charge in [0.2, 0.25) is 0 Å². The van der Waals surface area contributed by atoms with Crippen molar-refractivity contribution in [1.82, 2.24) is 15.3 Å². The summed E-state index contributed by atoms with van der Waals surface area (Å²) in [6, 6.07) is 13.0. The summed E-state index contributed by atoms with van der Waals surface area (Å²) < 4.78 is 30.7. The van der Waals surface area contributed by atoms with Gasteiger partial charge in [0.25, 0.3) is 0 Å². The molecule has 0 radical (unpaired) electrons. The Balaban J connectivity index is 1.58. The third kappa shape index (κ3) is 3.23. The first-order chi connectivity index (χ1) is 16.6. The number of piperazine rings is 1. The normalized spacial score (nSPS) is 19.6. The Morgan fingerprint density at radius 1 is 1.03 bits per heavy atom. The molecule has 2 fully saturated rings. The summed E-state index contributed by atoms with van der Waals surface area (Å²) in [5, 5.41) is 5.63. The number of aromatic nitrogens is 2. The molecule has 2 unspecified atom stereocenters. The lowest BCUT2D eigenvalue weighted by Gasteiger charge is -2.34. The van der Waals surface area contributed by atoms with Gasteiger partial charge in [-0.2, -0.15) is 0 Å². The van der Waals surface area contributed by atoms with Gasteiger partial charge in [-0.3, -0.25) is 0 Å². The summed E-state index contributed by atoms with van der Waals surface area (Å²) in [7, 11) is 0. The van der Waals surface area contributed by atoms with Crippen molar-refractivity contribution in [3.8, 4) is 23.5 Å². The van der Waals surface area contributed by atoms with Crippen molar-refractivity contribution in [3.63, 3.8) is 0 Å². The van der Waals surface area contributed by atoms with E-state index in [1.54, 1.807) is 18.2 Å². The molecule has 34 heavy (non-hydrogen) atoms. The van der Waals surface area contributed by atoms with E-state index in [2.05, 4.69) is 21.1 Å². The smallest absolute Gasteiger partial charge is 0.157 e. The molecule has 0 amide bonds. The Morgan fingerprint density at radius 2 is 1.82 bits per heavy atom. The lowest BCUT2D eigenvalue weighted by atomic mass is 9.93. The van der Waals surface area contributed by atoms with E-state index in [9.17, 15) is 4.39 Å². The van der Waals surface area contributed by atoms with Crippen molar-refractivity contribution in [2.24, 2.45) is 0 Å². The van der Waals surface area contributed by atoms with Crippen molar-refractivity contribution in [1.29, 1.82) is 0 Å². The number of hydrogen-bond donors (Lipinski definition) is 1. The molecule has 4 nitrogen and oxygen atoms in total. The van der Waals surface area contributed by atoms with Crippen LogP contribution < -0.4 is 10.2 Å². The Labute approximate surface area is 197 Å². The minimum Gasteiger partial charge on any atom is -0.353 e. The van der Waals surface area contributed by atoms with Gasteiger partial charge in [0, 0.05) is 47.9 Å². The van der Waals surface area contributed by atoms with Crippen LogP contribution in [-0.2, 0) is 6.42 Å². The van der Waals surface area contributed by atoms with Crippen LogP contribution in [0.25, 0.3) is 32.8 Å². The standard InChI is InChI=1S/C28H24F2N4/c1-3-19-23(29)13-8-16-6-5-7-20(25(16)19)21-11-12-22-27(26(21)30)32-24(4-2)33-28(22)34-14-17-9-10-18(15-34)31-17/h1,5-8,11-13,17-18,31H,4,9-10,14-15H2,2H3. The van der Waals surface area contributed by atoms with Crippen molar-refractivity contribution < 1.29 is 8.78 Å². The van der Waals surface area contributed by atoms with Crippen molar-refractivity contribution in [2.45, 2.75) is 38.3 Å². The van der Waals surface area contributed by atoms with Crippen LogP contribution >= 0.6 is 0 Å². The molecule has 2 aliphatic heterocycles. The van der Waals surface area contributed by atoms with E-state index >= 15 is 4.39 Å². The molecule has 1 aromatic heterocycles. The molecule has 4 aromatic rings.